The molecule has 6 nitrogen and oxygen atoms in total. The lowest BCUT2D eigenvalue weighted by atomic mass is 10.0. The second kappa shape index (κ2) is 4.89. The molecule has 0 aromatic carbocycles. The fourth-order valence-electron chi connectivity index (χ4n) is 1.96. The molecule has 0 bridgehead atoms. The van der Waals surface area contributed by atoms with Crippen molar-refractivity contribution in [1.82, 2.24) is 14.9 Å². The van der Waals surface area contributed by atoms with Crippen molar-refractivity contribution >= 4 is 11.7 Å². The monoisotopic (exact) mass is 250 g/mol. The Morgan fingerprint density at radius 2 is 2.28 bits per heavy atom. The zero-order chi connectivity index (χ0) is 13.2. The highest BCUT2D eigenvalue weighted by Crippen LogP contribution is 2.21. The number of carbonyl (C=O) groups is 1. The summed E-state index contributed by atoms with van der Waals surface area (Å²) in [6, 6.07) is 0. The smallest absolute Gasteiger partial charge is 0.274 e. The van der Waals surface area contributed by atoms with Crippen molar-refractivity contribution in [3.05, 3.63) is 18.1 Å². The minimum atomic E-state index is -0.313. The lowest BCUT2D eigenvalue weighted by molar-refractivity contribution is -0.0373. The molecule has 0 atom stereocenters. The quantitative estimate of drug-likeness (QED) is 0.839. The van der Waals surface area contributed by atoms with Crippen LogP contribution in [0.5, 0.6) is 0 Å². The average molecular weight is 250 g/mol. The van der Waals surface area contributed by atoms with Crippen LogP contribution in [-0.4, -0.2) is 53.1 Å². The Balaban J connectivity index is 2.24. The van der Waals surface area contributed by atoms with Crippen LogP contribution in [0.1, 0.15) is 24.3 Å². The third kappa shape index (κ3) is 2.43. The molecule has 0 unspecified atom stereocenters. The molecule has 98 valence electrons. The molecule has 1 amide bonds. The molecule has 0 aliphatic carbocycles. The van der Waals surface area contributed by atoms with E-state index >= 15 is 0 Å². The van der Waals surface area contributed by atoms with E-state index in [9.17, 15) is 4.79 Å². The first-order valence-electron chi connectivity index (χ1n) is 5.94. The maximum Gasteiger partial charge on any atom is 0.274 e. The molecule has 18 heavy (non-hydrogen) atoms. The van der Waals surface area contributed by atoms with Crippen LogP contribution in [0.4, 0.5) is 5.82 Å². The Bertz CT molecular complexity index is 447. The number of anilines is 1. The van der Waals surface area contributed by atoms with Gasteiger partial charge in [-0.3, -0.25) is 9.78 Å². The number of aromatic nitrogens is 2. The summed E-state index contributed by atoms with van der Waals surface area (Å²) >= 11 is 0. The van der Waals surface area contributed by atoms with Crippen molar-refractivity contribution in [2.45, 2.75) is 19.4 Å². The van der Waals surface area contributed by atoms with Crippen molar-refractivity contribution in [3.8, 4) is 0 Å². The van der Waals surface area contributed by atoms with Crippen LogP contribution in [0.2, 0.25) is 0 Å². The molecule has 1 N–H and O–H groups in total. The summed E-state index contributed by atoms with van der Waals surface area (Å²) in [6.07, 6.45) is 3.08. The van der Waals surface area contributed by atoms with Crippen molar-refractivity contribution < 1.29 is 9.53 Å². The number of nitrogens with zero attached hydrogens (tertiary/aromatic N) is 3. The van der Waals surface area contributed by atoms with E-state index < -0.39 is 0 Å². The van der Waals surface area contributed by atoms with Crippen LogP contribution in [0.25, 0.3) is 0 Å². The van der Waals surface area contributed by atoms with E-state index in [0.29, 0.717) is 31.3 Å². The van der Waals surface area contributed by atoms with E-state index in [4.69, 9.17) is 4.74 Å². The molecule has 0 spiro atoms. The molecule has 1 aliphatic rings. The highest BCUT2D eigenvalue weighted by molar-refractivity contribution is 5.93. The number of morpholine rings is 1. The van der Waals surface area contributed by atoms with Gasteiger partial charge < -0.3 is 15.0 Å². The zero-order valence-electron chi connectivity index (χ0n) is 10.9. The molecule has 1 saturated heterocycles. The largest absolute Gasteiger partial charge is 0.377 e. The van der Waals surface area contributed by atoms with E-state index in [1.165, 1.54) is 6.20 Å². The maximum atomic E-state index is 12.4. The zero-order valence-corrected chi connectivity index (χ0v) is 10.9. The van der Waals surface area contributed by atoms with Gasteiger partial charge in [0.25, 0.3) is 5.91 Å². The SMILES string of the molecule is CNc1cncc(C(=O)N2CCOCC2(C)C)n1. The summed E-state index contributed by atoms with van der Waals surface area (Å²) in [5.74, 6) is 0.486. The molecule has 1 aliphatic heterocycles. The third-order valence-corrected chi connectivity index (χ3v) is 3.00. The van der Waals surface area contributed by atoms with Gasteiger partial charge in [0.2, 0.25) is 0 Å². The Hall–Kier alpha value is -1.69. The Kier molecular flexibility index (Phi) is 3.47. The second-order valence-electron chi connectivity index (χ2n) is 4.86. The maximum absolute atomic E-state index is 12.4. The molecule has 1 aromatic heterocycles. The Morgan fingerprint density at radius 3 is 2.94 bits per heavy atom. The van der Waals surface area contributed by atoms with Crippen LogP contribution in [0.3, 0.4) is 0 Å². The van der Waals surface area contributed by atoms with Crippen molar-refractivity contribution in [3.63, 3.8) is 0 Å². The van der Waals surface area contributed by atoms with E-state index in [-0.39, 0.29) is 11.4 Å². The van der Waals surface area contributed by atoms with Crippen LogP contribution < -0.4 is 5.32 Å². The Labute approximate surface area is 106 Å². The van der Waals surface area contributed by atoms with Crippen LogP contribution >= 0.6 is 0 Å². The van der Waals surface area contributed by atoms with Crippen molar-refractivity contribution in [1.29, 1.82) is 0 Å². The number of rotatable bonds is 2. The third-order valence-electron chi connectivity index (χ3n) is 3.00. The van der Waals surface area contributed by atoms with Gasteiger partial charge in [-0.1, -0.05) is 0 Å². The number of ether oxygens (including phenoxy) is 1. The lowest BCUT2D eigenvalue weighted by Gasteiger charge is -2.41. The summed E-state index contributed by atoms with van der Waals surface area (Å²) < 4.78 is 5.40. The molecular formula is C12H18N4O2. The number of carbonyl (C=O) groups excluding carboxylic acids is 1. The van der Waals surface area contributed by atoms with E-state index in [0.717, 1.165) is 0 Å². The van der Waals surface area contributed by atoms with Gasteiger partial charge in [0.05, 0.1) is 31.1 Å². The molecule has 1 aromatic rings. The number of nitrogens with one attached hydrogen (secondary N) is 1. The molecule has 0 saturated carbocycles. The Morgan fingerprint density at radius 1 is 1.50 bits per heavy atom. The van der Waals surface area contributed by atoms with E-state index in [2.05, 4.69) is 15.3 Å². The molecule has 2 heterocycles. The standard InChI is InChI=1S/C12H18N4O2/c1-12(2)8-18-5-4-16(12)11(17)9-6-14-7-10(13-3)15-9/h6-7H,4-5,8H2,1-3H3,(H,13,15). The van der Waals surface area contributed by atoms with Crippen molar-refractivity contribution in [2.75, 3.05) is 32.1 Å². The van der Waals surface area contributed by atoms with Gasteiger partial charge in [0.1, 0.15) is 11.5 Å². The summed E-state index contributed by atoms with van der Waals surface area (Å²) in [7, 11) is 1.75. The van der Waals surface area contributed by atoms with Gasteiger partial charge >= 0.3 is 0 Å². The minimum absolute atomic E-state index is 0.104. The average Bonchev–Trinajstić information content (AvgIpc) is 2.37. The first-order valence-corrected chi connectivity index (χ1v) is 5.94. The van der Waals surface area contributed by atoms with Crippen molar-refractivity contribution in [2.24, 2.45) is 0 Å². The number of hydrogen-bond acceptors (Lipinski definition) is 5. The van der Waals surface area contributed by atoms with Gasteiger partial charge in [0, 0.05) is 13.6 Å². The summed E-state index contributed by atoms with van der Waals surface area (Å²) in [5.41, 5.74) is 0.0453. The van der Waals surface area contributed by atoms with Gasteiger partial charge in [-0.15, -0.1) is 0 Å². The first-order chi connectivity index (χ1) is 8.54. The topological polar surface area (TPSA) is 67.4 Å². The normalized spacial score (nSPS) is 18.5. The summed E-state index contributed by atoms with van der Waals surface area (Å²) in [5, 5.41) is 2.88. The predicted octanol–water partition coefficient (Wildman–Crippen LogP) is 0.769. The summed E-state index contributed by atoms with van der Waals surface area (Å²) in [4.78, 5) is 22.5. The van der Waals surface area contributed by atoms with Gasteiger partial charge in [-0.05, 0) is 13.8 Å². The van der Waals surface area contributed by atoms with Crippen LogP contribution in [0, 0.1) is 0 Å². The first kappa shape index (κ1) is 12.8. The lowest BCUT2D eigenvalue weighted by Crippen LogP contribution is -2.55. The number of amides is 1. The molecule has 2 rings (SSSR count). The van der Waals surface area contributed by atoms with Gasteiger partial charge in [0.15, 0.2) is 0 Å². The molecule has 0 radical (unpaired) electrons. The molecular weight excluding hydrogens is 232 g/mol. The highest BCUT2D eigenvalue weighted by Gasteiger charge is 2.35. The summed E-state index contributed by atoms with van der Waals surface area (Å²) in [6.45, 7) is 5.66. The van der Waals surface area contributed by atoms with Crippen LogP contribution in [0.15, 0.2) is 12.4 Å². The predicted molar refractivity (Wildman–Crippen MR) is 67.5 cm³/mol. The fourth-order valence-corrected chi connectivity index (χ4v) is 1.96. The minimum Gasteiger partial charge on any atom is -0.377 e. The van der Waals surface area contributed by atoms with Gasteiger partial charge in [-0.2, -0.15) is 0 Å². The van der Waals surface area contributed by atoms with Gasteiger partial charge in [-0.25, -0.2) is 4.98 Å². The van der Waals surface area contributed by atoms with Crippen LogP contribution in [-0.2, 0) is 4.74 Å². The molecule has 1 fully saturated rings. The van der Waals surface area contributed by atoms with E-state index in [1.807, 2.05) is 13.8 Å². The second-order valence-corrected chi connectivity index (χ2v) is 4.86. The van der Waals surface area contributed by atoms with E-state index in [1.54, 1.807) is 18.1 Å². The molecule has 6 heteroatoms. The number of hydrogen-bond donors (Lipinski definition) is 1. The fraction of sp³-hybridized carbons (Fsp3) is 0.583. The highest BCUT2D eigenvalue weighted by atomic mass is 16.5.